The van der Waals surface area contributed by atoms with Crippen LogP contribution in [0, 0.1) is 5.92 Å². The minimum atomic E-state index is -0.495. The van der Waals surface area contributed by atoms with Gasteiger partial charge < -0.3 is 15.1 Å². The van der Waals surface area contributed by atoms with Crippen LogP contribution in [0.25, 0.3) is 0 Å². The molecule has 1 unspecified atom stereocenters. The fourth-order valence-electron chi connectivity index (χ4n) is 2.24. The molecular weight excluding hydrogens is 238 g/mol. The lowest BCUT2D eigenvalue weighted by Crippen LogP contribution is -2.21. The Labute approximate surface area is 107 Å². The van der Waals surface area contributed by atoms with Crippen molar-refractivity contribution in [2.75, 3.05) is 24.6 Å². The van der Waals surface area contributed by atoms with Crippen LogP contribution in [0.15, 0.2) is 18.2 Å². The monoisotopic (exact) mass is 255 g/mol. The molecule has 1 aromatic rings. The fraction of sp³-hybridized carbons (Fsp3) is 0.538. The van der Waals surface area contributed by atoms with Crippen molar-refractivity contribution in [1.29, 1.82) is 0 Å². The quantitative estimate of drug-likeness (QED) is 0.870. The van der Waals surface area contributed by atoms with Crippen LogP contribution >= 0.6 is 11.6 Å². The summed E-state index contributed by atoms with van der Waals surface area (Å²) >= 11 is 6.23. The summed E-state index contributed by atoms with van der Waals surface area (Å²) in [6, 6.07) is 5.66. The summed E-state index contributed by atoms with van der Waals surface area (Å²) in [4.78, 5) is 2.19. The molecule has 0 bridgehead atoms. The Morgan fingerprint density at radius 1 is 1.53 bits per heavy atom. The second-order valence-electron chi connectivity index (χ2n) is 4.67. The molecule has 17 heavy (non-hydrogen) atoms. The van der Waals surface area contributed by atoms with Gasteiger partial charge in [0.05, 0.1) is 16.8 Å². The molecule has 0 aromatic heterocycles. The number of rotatable bonds is 3. The van der Waals surface area contributed by atoms with Gasteiger partial charge in [-0.25, -0.2) is 0 Å². The number of aliphatic hydroxyl groups excluding tert-OH is 2. The number of halogens is 1. The summed E-state index contributed by atoms with van der Waals surface area (Å²) in [5.41, 5.74) is 1.82. The lowest BCUT2D eigenvalue weighted by atomic mass is 10.1. The van der Waals surface area contributed by atoms with E-state index in [9.17, 15) is 5.11 Å². The Bertz CT molecular complexity index is 395. The molecule has 0 saturated carbocycles. The zero-order valence-corrected chi connectivity index (χ0v) is 10.7. The molecule has 0 aliphatic carbocycles. The maximum Gasteiger partial charge on any atom is 0.0762 e. The van der Waals surface area contributed by atoms with Gasteiger partial charge in [0.2, 0.25) is 0 Å². The summed E-state index contributed by atoms with van der Waals surface area (Å²) in [7, 11) is 0. The van der Waals surface area contributed by atoms with E-state index in [2.05, 4.69) is 4.90 Å². The fourth-order valence-corrected chi connectivity index (χ4v) is 2.55. The van der Waals surface area contributed by atoms with E-state index in [0.717, 1.165) is 30.8 Å². The summed E-state index contributed by atoms with van der Waals surface area (Å²) in [6.07, 6.45) is 0.510. The summed E-state index contributed by atoms with van der Waals surface area (Å²) in [6.45, 7) is 3.74. The zero-order valence-electron chi connectivity index (χ0n) is 9.93. The van der Waals surface area contributed by atoms with E-state index in [0.29, 0.717) is 10.9 Å². The highest BCUT2D eigenvalue weighted by Gasteiger charge is 2.23. The van der Waals surface area contributed by atoms with E-state index >= 15 is 0 Å². The largest absolute Gasteiger partial charge is 0.396 e. The summed E-state index contributed by atoms with van der Waals surface area (Å²) < 4.78 is 0. The predicted octanol–water partition coefficient (Wildman–Crippen LogP) is 2.21. The molecule has 1 aliphatic heterocycles. The van der Waals surface area contributed by atoms with Crippen molar-refractivity contribution in [3.05, 3.63) is 28.8 Å². The van der Waals surface area contributed by atoms with Gasteiger partial charge in [0.25, 0.3) is 0 Å². The Kier molecular flexibility index (Phi) is 3.92. The Balaban J connectivity index is 2.17. The second-order valence-corrected chi connectivity index (χ2v) is 5.08. The molecule has 2 atom stereocenters. The van der Waals surface area contributed by atoms with Crippen LogP contribution in [0.1, 0.15) is 25.0 Å². The van der Waals surface area contributed by atoms with Gasteiger partial charge in [-0.2, -0.15) is 0 Å². The normalized spacial score (nSPS) is 21.9. The van der Waals surface area contributed by atoms with Crippen molar-refractivity contribution in [3.8, 4) is 0 Å². The molecular formula is C13H18ClNO2. The average Bonchev–Trinajstić information content (AvgIpc) is 2.77. The number of nitrogens with zero attached hydrogens (tertiary/aromatic N) is 1. The van der Waals surface area contributed by atoms with Crippen LogP contribution in [-0.4, -0.2) is 29.9 Å². The maximum absolute atomic E-state index is 9.48. The molecule has 1 aromatic carbocycles. The Morgan fingerprint density at radius 2 is 2.29 bits per heavy atom. The summed E-state index contributed by atoms with van der Waals surface area (Å²) in [5, 5.41) is 19.3. The van der Waals surface area contributed by atoms with Crippen molar-refractivity contribution in [3.63, 3.8) is 0 Å². The van der Waals surface area contributed by atoms with E-state index in [1.807, 2.05) is 18.2 Å². The highest BCUT2D eigenvalue weighted by atomic mass is 35.5. The molecule has 1 heterocycles. The van der Waals surface area contributed by atoms with Gasteiger partial charge in [-0.15, -0.1) is 0 Å². The second kappa shape index (κ2) is 5.25. The van der Waals surface area contributed by atoms with Crippen molar-refractivity contribution >= 4 is 17.3 Å². The molecule has 2 N–H and O–H groups in total. The van der Waals surface area contributed by atoms with Crippen LogP contribution in [0.3, 0.4) is 0 Å². The predicted molar refractivity (Wildman–Crippen MR) is 69.5 cm³/mol. The molecule has 2 rings (SSSR count). The minimum absolute atomic E-state index is 0.236. The SMILES string of the molecule is C[C@H](O)c1ccc(N2CCC(CO)C2)c(Cl)c1. The first kappa shape index (κ1) is 12.7. The lowest BCUT2D eigenvalue weighted by molar-refractivity contribution is 0.199. The molecule has 0 amide bonds. The van der Waals surface area contributed by atoms with Gasteiger partial charge in [-0.3, -0.25) is 0 Å². The van der Waals surface area contributed by atoms with Gasteiger partial charge >= 0.3 is 0 Å². The van der Waals surface area contributed by atoms with E-state index in [4.69, 9.17) is 16.7 Å². The molecule has 1 fully saturated rings. The smallest absolute Gasteiger partial charge is 0.0762 e. The third kappa shape index (κ3) is 2.73. The average molecular weight is 256 g/mol. The molecule has 1 saturated heterocycles. The first-order valence-electron chi connectivity index (χ1n) is 5.95. The highest BCUT2D eigenvalue weighted by Crippen LogP contribution is 2.32. The maximum atomic E-state index is 9.48. The van der Waals surface area contributed by atoms with Crippen molar-refractivity contribution in [1.82, 2.24) is 0 Å². The van der Waals surface area contributed by atoms with Crippen LogP contribution in [0.5, 0.6) is 0 Å². The summed E-state index contributed by atoms with van der Waals surface area (Å²) in [5.74, 6) is 0.350. The Hall–Kier alpha value is -0.770. The van der Waals surface area contributed by atoms with E-state index < -0.39 is 6.10 Å². The number of hydrogen-bond acceptors (Lipinski definition) is 3. The zero-order chi connectivity index (χ0) is 12.4. The molecule has 1 aliphatic rings. The topological polar surface area (TPSA) is 43.7 Å². The number of anilines is 1. The standard InChI is InChI=1S/C13H18ClNO2/c1-9(17)11-2-3-13(12(14)6-11)15-5-4-10(7-15)8-16/h2-3,6,9-10,16-17H,4-5,7-8H2,1H3/t9-,10?/m0/s1. The first-order valence-corrected chi connectivity index (χ1v) is 6.33. The molecule has 4 heteroatoms. The molecule has 0 spiro atoms. The van der Waals surface area contributed by atoms with Gasteiger partial charge in [-0.05, 0) is 31.0 Å². The van der Waals surface area contributed by atoms with E-state index in [1.165, 1.54) is 0 Å². The third-order valence-corrected chi connectivity index (χ3v) is 3.64. The first-order chi connectivity index (χ1) is 8.11. The van der Waals surface area contributed by atoms with Crippen LogP contribution < -0.4 is 4.90 Å². The highest BCUT2D eigenvalue weighted by molar-refractivity contribution is 6.33. The van der Waals surface area contributed by atoms with Crippen molar-refractivity contribution < 1.29 is 10.2 Å². The third-order valence-electron chi connectivity index (χ3n) is 3.34. The minimum Gasteiger partial charge on any atom is -0.396 e. The van der Waals surface area contributed by atoms with Crippen molar-refractivity contribution in [2.24, 2.45) is 5.92 Å². The molecule has 0 radical (unpaired) electrons. The molecule has 3 nitrogen and oxygen atoms in total. The van der Waals surface area contributed by atoms with Gasteiger partial charge in [0.15, 0.2) is 0 Å². The van der Waals surface area contributed by atoms with Crippen molar-refractivity contribution in [2.45, 2.75) is 19.4 Å². The molecule has 94 valence electrons. The van der Waals surface area contributed by atoms with E-state index in [-0.39, 0.29) is 6.61 Å². The van der Waals surface area contributed by atoms with Gasteiger partial charge in [0, 0.05) is 25.6 Å². The van der Waals surface area contributed by atoms with Crippen LogP contribution in [-0.2, 0) is 0 Å². The number of aliphatic hydroxyl groups is 2. The van der Waals surface area contributed by atoms with E-state index in [1.54, 1.807) is 6.92 Å². The lowest BCUT2D eigenvalue weighted by Gasteiger charge is -2.20. The number of benzene rings is 1. The van der Waals surface area contributed by atoms with Gasteiger partial charge in [0.1, 0.15) is 0 Å². The van der Waals surface area contributed by atoms with Gasteiger partial charge in [-0.1, -0.05) is 17.7 Å². The Morgan fingerprint density at radius 3 is 2.82 bits per heavy atom. The van der Waals surface area contributed by atoms with Crippen LogP contribution in [0.2, 0.25) is 5.02 Å². The number of hydrogen-bond donors (Lipinski definition) is 2. The van der Waals surface area contributed by atoms with Crippen LogP contribution in [0.4, 0.5) is 5.69 Å².